The Morgan fingerprint density at radius 3 is 2.51 bits per heavy atom. The van der Waals surface area contributed by atoms with Crippen molar-refractivity contribution in [1.82, 2.24) is 14.7 Å². The third-order valence-corrected chi connectivity index (χ3v) is 6.11. The molecule has 0 spiro atoms. The van der Waals surface area contributed by atoms with Crippen LogP contribution in [0.1, 0.15) is 39.5 Å². The molecule has 0 bridgehead atoms. The summed E-state index contributed by atoms with van der Waals surface area (Å²) in [6.07, 6.45) is 3.14. The molecule has 0 radical (unpaired) electrons. The number of hydrogen-bond acceptors (Lipinski definition) is 5. The average molecular weight is 495 g/mol. The number of nitrogens with one attached hydrogen (secondary N) is 2. The van der Waals surface area contributed by atoms with Crippen LogP contribution in [0, 0.1) is 6.92 Å². The number of pyridine rings is 1. The van der Waals surface area contributed by atoms with Gasteiger partial charge in [-0.25, -0.2) is 4.98 Å². The van der Waals surface area contributed by atoms with Gasteiger partial charge in [-0.2, -0.15) is 0 Å². The van der Waals surface area contributed by atoms with E-state index < -0.39 is 12.0 Å². The van der Waals surface area contributed by atoms with Crippen LogP contribution >= 0.6 is 0 Å². The Kier molecular flexibility index (Phi) is 6.72. The minimum Gasteiger partial charge on any atom is -0.481 e. The number of imidazole rings is 1. The van der Waals surface area contributed by atoms with Crippen LogP contribution in [-0.2, 0) is 11.3 Å². The van der Waals surface area contributed by atoms with Gasteiger partial charge in [-0.3, -0.25) is 14.0 Å². The fourth-order valence-electron chi connectivity index (χ4n) is 4.19. The molecule has 8 nitrogen and oxygen atoms in total. The van der Waals surface area contributed by atoms with Gasteiger partial charge in [0.1, 0.15) is 17.2 Å². The van der Waals surface area contributed by atoms with E-state index in [1.165, 1.54) is 0 Å². The number of benzene rings is 2. The van der Waals surface area contributed by atoms with Crippen molar-refractivity contribution < 1.29 is 19.1 Å². The first-order chi connectivity index (χ1) is 18.0. The van der Waals surface area contributed by atoms with Gasteiger partial charge < -0.3 is 20.2 Å². The summed E-state index contributed by atoms with van der Waals surface area (Å²) in [4.78, 5) is 29.4. The van der Waals surface area contributed by atoms with Gasteiger partial charge in [0.15, 0.2) is 5.76 Å². The number of amides is 1. The van der Waals surface area contributed by atoms with E-state index in [-0.39, 0.29) is 12.3 Å². The molecule has 0 saturated carbocycles. The molecule has 0 aliphatic heterocycles. The second-order valence-electron chi connectivity index (χ2n) is 8.80. The van der Waals surface area contributed by atoms with Crippen molar-refractivity contribution in [3.05, 3.63) is 114 Å². The normalized spacial score (nSPS) is 11.8. The number of hydrogen-bond donors (Lipinski definition) is 3. The lowest BCUT2D eigenvalue weighted by Crippen LogP contribution is -2.30. The molecule has 1 unspecified atom stereocenters. The molecule has 2 aromatic carbocycles. The van der Waals surface area contributed by atoms with Gasteiger partial charge >= 0.3 is 5.97 Å². The van der Waals surface area contributed by atoms with E-state index in [9.17, 15) is 14.7 Å². The molecule has 0 aliphatic carbocycles. The summed E-state index contributed by atoms with van der Waals surface area (Å²) in [5, 5.41) is 15.7. The molecule has 37 heavy (non-hydrogen) atoms. The zero-order valence-corrected chi connectivity index (χ0v) is 20.2. The van der Waals surface area contributed by atoms with E-state index in [0.29, 0.717) is 29.2 Å². The molecule has 0 saturated heterocycles. The lowest BCUT2D eigenvalue weighted by atomic mass is 10.0. The molecule has 3 heterocycles. The van der Waals surface area contributed by atoms with Crippen molar-refractivity contribution >= 4 is 23.3 Å². The Morgan fingerprint density at radius 1 is 1.03 bits per heavy atom. The number of carbonyl (C=O) groups is 2. The number of carbonyl (C=O) groups excluding carboxylic acids is 1. The molecular formula is C29H26N4O4. The SMILES string of the molecule is Cc1ccc(C(CC(=O)O)NC(=O)c2ccn3c(NCc4ccccc4)c(-c4ccco4)nc3c2)cc1. The molecule has 1 atom stereocenters. The van der Waals surface area contributed by atoms with E-state index in [2.05, 4.69) is 10.6 Å². The number of anilines is 1. The maximum Gasteiger partial charge on any atom is 0.305 e. The van der Waals surface area contributed by atoms with Crippen LogP contribution < -0.4 is 10.6 Å². The number of rotatable bonds is 9. The van der Waals surface area contributed by atoms with Crippen LogP contribution in [0.25, 0.3) is 17.1 Å². The van der Waals surface area contributed by atoms with Crippen LogP contribution in [0.2, 0.25) is 0 Å². The highest BCUT2D eigenvalue weighted by Gasteiger charge is 2.21. The van der Waals surface area contributed by atoms with Crippen molar-refractivity contribution in [3.63, 3.8) is 0 Å². The average Bonchev–Trinajstić information content (AvgIpc) is 3.55. The monoisotopic (exact) mass is 494 g/mol. The third-order valence-electron chi connectivity index (χ3n) is 6.11. The quantitative estimate of drug-likeness (QED) is 0.251. The van der Waals surface area contributed by atoms with E-state index in [1.54, 1.807) is 30.7 Å². The lowest BCUT2D eigenvalue weighted by molar-refractivity contribution is -0.137. The summed E-state index contributed by atoms with van der Waals surface area (Å²) in [6.45, 7) is 2.53. The standard InChI is InChI=1S/C29H26N4O4/c1-19-9-11-21(12-10-19)23(17-26(34)35)31-29(36)22-13-14-33-25(16-22)32-27(24-8-5-15-37-24)28(33)30-18-20-6-3-2-4-7-20/h2-16,23,30H,17-18H2,1H3,(H,31,36)(H,34,35). The molecule has 3 aromatic heterocycles. The van der Waals surface area contributed by atoms with Gasteiger partial charge in [0.2, 0.25) is 0 Å². The third kappa shape index (κ3) is 5.38. The van der Waals surface area contributed by atoms with Crippen molar-refractivity contribution in [1.29, 1.82) is 0 Å². The van der Waals surface area contributed by atoms with E-state index in [4.69, 9.17) is 9.40 Å². The highest BCUT2D eigenvalue weighted by atomic mass is 16.4. The molecular weight excluding hydrogens is 468 g/mol. The zero-order chi connectivity index (χ0) is 25.8. The van der Waals surface area contributed by atoms with Crippen LogP contribution in [0.5, 0.6) is 0 Å². The minimum atomic E-state index is -0.994. The van der Waals surface area contributed by atoms with Gasteiger partial charge in [-0.1, -0.05) is 60.2 Å². The van der Waals surface area contributed by atoms with Crippen LogP contribution in [-0.4, -0.2) is 26.4 Å². The van der Waals surface area contributed by atoms with Crippen molar-refractivity contribution in [2.45, 2.75) is 25.9 Å². The fourth-order valence-corrected chi connectivity index (χ4v) is 4.19. The van der Waals surface area contributed by atoms with Gasteiger partial charge in [0.05, 0.1) is 18.7 Å². The number of aryl methyl sites for hydroxylation is 1. The zero-order valence-electron chi connectivity index (χ0n) is 20.2. The Labute approximate surface area is 213 Å². The smallest absolute Gasteiger partial charge is 0.305 e. The van der Waals surface area contributed by atoms with Gasteiger partial charge in [-0.05, 0) is 42.3 Å². The number of fused-ring (bicyclic) bond motifs is 1. The molecule has 3 N–H and O–H groups in total. The van der Waals surface area contributed by atoms with Crippen LogP contribution in [0.15, 0.2) is 95.7 Å². The lowest BCUT2D eigenvalue weighted by Gasteiger charge is -2.18. The van der Waals surface area contributed by atoms with Crippen molar-refractivity contribution in [2.75, 3.05) is 5.32 Å². The van der Waals surface area contributed by atoms with E-state index >= 15 is 0 Å². The summed E-state index contributed by atoms with van der Waals surface area (Å²) < 4.78 is 7.48. The Bertz CT molecular complexity index is 1520. The maximum absolute atomic E-state index is 13.2. The molecule has 1 amide bonds. The Hall–Kier alpha value is -4.85. The number of aromatic nitrogens is 2. The minimum absolute atomic E-state index is 0.226. The Morgan fingerprint density at radius 2 is 1.81 bits per heavy atom. The summed E-state index contributed by atoms with van der Waals surface area (Å²) in [7, 11) is 0. The maximum atomic E-state index is 13.2. The molecule has 5 aromatic rings. The number of carboxylic acids is 1. The molecule has 0 fully saturated rings. The van der Waals surface area contributed by atoms with Crippen molar-refractivity contribution in [3.8, 4) is 11.5 Å². The van der Waals surface area contributed by atoms with Crippen LogP contribution in [0.4, 0.5) is 5.82 Å². The highest BCUT2D eigenvalue weighted by Crippen LogP contribution is 2.30. The van der Waals surface area contributed by atoms with Gasteiger partial charge in [-0.15, -0.1) is 0 Å². The first kappa shape index (κ1) is 23.9. The number of nitrogens with zero attached hydrogens (tertiary/aromatic N) is 2. The first-order valence-corrected chi connectivity index (χ1v) is 11.9. The number of aliphatic carboxylic acids is 1. The van der Waals surface area contributed by atoms with Crippen LogP contribution in [0.3, 0.4) is 0 Å². The first-order valence-electron chi connectivity index (χ1n) is 11.9. The highest BCUT2D eigenvalue weighted by molar-refractivity contribution is 5.96. The largest absolute Gasteiger partial charge is 0.481 e. The Balaban J connectivity index is 1.45. The summed E-state index contributed by atoms with van der Waals surface area (Å²) in [5.74, 6) is -0.0298. The predicted molar refractivity (Wildman–Crippen MR) is 140 cm³/mol. The topological polar surface area (TPSA) is 109 Å². The number of carboxylic acid groups (broad SMARTS) is 1. The summed E-state index contributed by atoms with van der Waals surface area (Å²) in [5.41, 5.74) is 4.45. The van der Waals surface area contributed by atoms with Crippen molar-refractivity contribution in [2.24, 2.45) is 0 Å². The summed E-state index contributed by atoms with van der Waals surface area (Å²) >= 11 is 0. The second-order valence-corrected chi connectivity index (χ2v) is 8.80. The van der Waals surface area contributed by atoms with Gasteiger partial charge in [0.25, 0.3) is 5.91 Å². The fraction of sp³-hybridized carbons (Fsp3) is 0.138. The predicted octanol–water partition coefficient (Wildman–Crippen LogP) is 5.46. The molecule has 5 rings (SSSR count). The molecule has 8 heteroatoms. The molecule has 0 aliphatic rings. The van der Waals surface area contributed by atoms with E-state index in [0.717, 1.165) is 22.5 Å². The van der Waals surface area contributed by atoms with Gasteiger partial charge in [0, 0.05) is 18.3 Å². The summed E-state index contributed by atoms with van der Waals surface area (Å²) in [6, 6.07) is 23.8. The second kappa shape index (κ2) is 10.4. The molecule has 186 valence electrons. The number of furan rings is 1. The van der Waals surface area contributed by atoms with E-state index in [1.807, 2.05) is 72.0 Å².